The predicted molar refractivity (Wildman–Crippen MR) is 118 cm³/mol. The summed E-state index contributed by atoms with van der Waals surface area (Å²) in [6, 6.07) is 21.0. The van der Waals surface area contributed by atoms with Crippen LogP contribution in [0.4, 0.5) is 15.8 Å². The summed E-state index contributed by atoms with van der Waals surface area (Å²) in [7, 11) is -3.79. The van der Waals surface area contributed by atoms with Crippen LogP contribution in [0.15, 0.2) is 78.9 Å². The van der Waals surface area contributed by atoms with Crippen molar-refractivity contribution in [2.75, 3.05) is 15.9 Å². The molecule has 0 heterocycles. The van der Waals surface area contributed by atoms with Crippen LogP contribution in [0.2, 0.25) is 0 Å². The fraction of sp³-hybridized carbons (Fsp3) is 0.174. The molecule has 7 heteroatoms. The minimum Gasteiger partial charge on any atom is -0.324 e. The van der Waals surface area contributed by atoms with Crippen LogP contribution >= 0.6 is 0 Å². The van der Waals surface area contributed by atoms with Crippen LogP contribution in [-0.2, 0) is 14.8 Å². The maximum Gasteiger partial charge on any atom is 0.248 e. The summed E-state index contributed by atoms with van der Waals surface area (Å²) in [4.78, 5) is 13.2. The van der Waals surface area contributed by atoms with E-state index in [4.69, 9.17) is 0 Å². The number of nitrogens with zero attached hydrogens (tertiary/aromatic N) is 1. The first-order valence-electron chi connectivity index (χ1n) is 9.51. The first-order chi connectivity index (χ1) is 14.3. The molecule has 0 aromatic heterocycles. The largest absolute Gasteiger partial charge is 0.324 e. The van der Waals surface area contributed by atoms with Gasteiger partial charge in [-0.3, -0.25) is 9.10 Å². The first kappa shape index (κ1) is 21.5. The number of anilines is 2. The summed E-state index contributed by atoms with van der Waals surface area (Å²) in [6.45, 7) is 1.73. The summed E-state index contributed by atoms with van der Waals surface area (Å²) in [5.41, 5.74) is 2.57. The number of carbonyl (C=O) groups is 1. The van der Waals surface area contributed by atoms with E-state index in [-0.39, 0.29) is 12.1 Å². The lowest BCUT2D eigenvalue weighted by atomic mass is 10.0. The van der Waals surface area contributed by atoms with E-state index in [2.05, 4.69) is 5.32 Å². The molecule has 0 aliphatic rings. The molecule has 1 unspecified atom stereocenters. The summed E-state index contributed by atoms with van der Waals surface area (Å²) >= 11 is 0. The second kappa shape index (κ2) is 9.09. The van der Waals surface area contributed by atoms with Crippen molar-refractivity contribution in [3.05, 3.63) is 84.7 Å². The van der Waals surface area contributed by atoms with Gasteiger partial charge in [0.1, 0.15) is 11.9 Å². The fourth-order valence-electron chi connectivity index (χ4n) is 3.33. The van der Waals surface area contributed by atoms with E-state index < -0.39 is 27.8 Å². The molecule has 0 saturated heterocycles. The lowest BCUT2D eigenvalue weighted by molar-refractivity contribution is -0.117. The highest BCUT2D eigenvalue weighted by molar-refractivity contribution is 7.92. The van der Waals surface area contributed by atoms with Gasteiger partial charge in [-0.25, -0.2) is 12.8 Å². The number of benzene rings is 3. The number of hydrogen-bond acceptors (Lipinski definition) is 3. The molecule has 0 bridgehead atoms. The highest BCUT2D eigenvalue weighted by Gasteiger charge is 2.31. The van der Waals surface area contributed by atoms with Gasteiger partial charge in [-0.05, 0) is 42.3 Å². The molecule has 0 fully saturated rings. The predicted octanol–water partition coefficient (Wildman–Crippen LogP) is 4.68. The van der Waals surface area contributed by atoms with Gasteiger partial charge in [0.05, 0.1) is 11.9 Å². The van der Waals surface area contributed by atoms with Crippen molar-refractivity contribution in [2.24, 2.45) is 0 Å². The molecule has 156 valence electrons. The van der Waals surface area contributed by atoms with Gasteiger partial charge >= 0.3 is 0 Å². The molecule has 0 saturated carbocycles. The van der Waals surface area contributed by atoms with Crippen LogP contribution in [0.3, 0.4) is 0 Å². The Morgan fingerprint density at radius 2 is 1.57 bits per heavy atom. The normalized spacial score (nSPS) is 12.2. The van der Waals surface area contributed by atoms with Crippen molar-refractivity contribution in [3.8, 4) is 11.1 Å². The average molecular weight is 427 g/mol. The maximum atomic E-state index is 13.3. The van der Waals surface area contributed by atoms with Gasteiger partial charge in [-0.15, -0.1) is 0 Å². The third-order valence-electron chi connectivity index (χ3n) is 4.68. The van der Waals surface area contributed by atoms with Crippen LogP contribution in [0.1, 0.15) is 13.3 Å². The monoisotopic (exact) mass is 426 g/mol. The second-order valence-electron chi connectivity index (χ2n) is 6.86. The summed E-state index contributed by atoms with van der Waals surface area (Å²) in [5, 5.41) is 2.87. The standard InChI is InChI=1S/C23H23FN2O3S/c1-3-22(26(30(2,28)29)19-15-13-18(24)14-16-19)23(27)25-21-12-8-7-11-20(21)17-9-5-4-6-10-17/h4-16,22H,3H2,1-2H3,(H,25,27). The molecule has 0 aliphatic carbocycles. The zero-order valence-electron chi connectivity index (χ0n) is 16.7. The van der Waals surface area contributed by atoms with Crippen LogP contribution < -0.4 is 9.62 Å². The summed E-state index contributed by atoms with van der Waals surface area (Å²) in [6.07, 6.45) is 1.27. The molecular formula is C23H23FN2O3S. The van der Waals surface area contributed by atoms with Gasteiger partial charge < -0.3 is 5.32 Å². The SMILES string of the molecule is CCC(C(=O)Nc1ccccc1-c1ccccc1)N(c1ccc(F)cc1)S(C)(=O)=O. The average Bonchev–Trinajstić information content (AvgIpc) is 2.73. The molecule has 0 radical (unpaired) electrons. The maximum absolute atomic E-state index is 13.3. The smallest absolute Gasteiger partial charge is 0.248 e. The van der Waals surface area contributed by atoms with Gasteiger partial charge in [0.2, 0.25) is 15.9 Å². The Morgan fingerprint density at radius 1 is 0.967 bits per heavy atom. The topological polar surface area (TPSA) is 66.5 Å². The Bertz CT molecular complexity index is 1120. The Morgan fingerprint density at radius 3 is 2.17 bits per heavy atom. The second-order valence-corrected chi connectivity index (χ2v) is 8.72. The number of rotatable bonds is 7. The highest BCUT2D eigenvalue weighted by atomic mass is 32.2. The number of carbonyl (C=O) groups excluding carboxylic acids is 1. The molecule has 3 aromatic carbocycles. The Hall–Kier alpha value is -3.19. The quantitative estimate of drug-likeness (QED) is 0.597. The van der Waals surface area contributed by atoms with E-state index in [1.54, 1.807) is 19.1 Å². The zero-order chi connectivity index (χ0) is 21.7. The Kier molecular flexibility index (Phi) is 6.52. The Labute approximate surface area is 176 Å². The zero-order valence-corrected chi connectivity index (χ0v) is 17.6. The van der Waals surface area contributed by atoms with Crippen molar-refractivity contribution in [1.82, 2.24) is 0 Å². The van der Waals surface area contributed by atoms with Crippen molar-refractivity contribution in [2.45, 2.75) is 19.4 Å². The molecular weight excluding hydrogens is 403 g/mol. The van der Waals surface area contributed by atoms with E-state index in [9.17, 15) is 17.6 Å². The minimum atomic E-state index is -3.79. The first-order valence-corrected chi connectivity index (χ1v) is 11.4. The number of halogens is 1. The van der Waals surface area contributed by atoms with Crippen LogP contribution in [-0.4, -0.2) is 26.6 Å². The number of hydrogen-bond donors (Lipinski definition) is 1. The number of sulfonamides is 1. The third kappa shape index (κ3) is 4.86. The molecule has 1 N–H and O–H groups in total. The number of amides is 1. The van der Waals surface area contributed by atoms with Crippen molar-refractivity contribution in [3.63, 3.8) is 0 Å². The van der Waals surface area contributed by atoms with E-state index in [1.807, 2.05) is 42.5 Å². The van der Waals surface area contributed by atoms with Crippen molar-refractivity contribution >= 4 is 27.3 Å². The number of para-hydroxylation sites is 1. The molecule has 5 nitrogen and oxygen atoms in total. The Balaban J connectivity index is 1.96. The lowest BCUT2D eigenvalue weighted by Crippen LogP contribution is -2.47. The van der Waals surface area contributed by atoms with Crippen LogP contribution in [0, 0.1) is 5.82 Å². The van der Waals surface area contributed by atoms with Gasteiger partial charge in [0.25, 0.3) is 0 Å². The van der Waals surface area contributed by atoms with Crippen LogP contribution in [0.25, 0.3) is 11.1 Å². The molecule has 0 spiro atoms. The minimum absolute atomic E-state index is 0.234. The van der Waals surface area contributed by atoms with Gasteiger partial charge in [0, 0.05) is 11.3 Å². The van der Waals surface area contributed by atoms with Gasteiger partial charge in [0.15, 0.2) is 0 Å². The van der Waals surface area contributed by atoms with Gasteiger partial charge in [-0.2, -0.15) is 0 Å². The van der Waals surface area contributed by atoms with Gasteiger partial charge in [-0.1, -0.05) is 55.5 Å². The molecule has 1 amide bonds. The van der Waals surface area contributed by atoms with E-state index in [1.165, 1.54) is 24.3 Å². The lowest BCUT2D eigenvalue weighted by Gasteiger charge is -2.30. The molecule has 0 aliphatic heterocycles. The van der Waals surface area contributed by atoms with Crippen molar-refractivity contribution in [1.29, 1.82) is 0 Å². The number of nitrogens with one attached hydrogen (secondary N) is 1. The fourth-order valence-corrected chi connectivity index (χ4v) is 4.54. The summed E-state index contributed by atoms with van der Waals surface area (Å²) < 4.78 is 39.4. The van der Waals surface area contributed by atoms with Crippen LogP contribution in [0.5, 0.6) is 0 Å². The molecule has 3 aromatic rings. The third-order valence-corrected chi connectivity index (χ3v) is 5.86. The van der Waals surface area contributed by atoms with Crippen molar-refractivity contribution < 1.29 is 17.6 Å². The molecule has 30 heavy (non-hydrogen) atoms. The van der Waals surface area contributed by atoms with E-state index >= 15 is 0 Å². The molecule has 1 atom stereocenters. The van der Waals surface area contributed by atoms with E-state index in [0.29, 0.717) is 5.69 Å². The summed E-state index contributed by atoms with van der Waals surface area (Å²) in [5.74, 6) is -0.947. The highest BCUT2D eigenvalue weighted by Crippen LogP contribution is 2.29. The molecule has 3 rings (SSSR count). The van der Waals surface area contributed by atoms with E-state index in [0.717, 1.165) is 21.7 Å².